The van der Waals surface area contributed by atoms with Gasteiger partial charge < -0.3 is 15.5 Å². The fourth-order valence-corrected chi connectivity index (χ4v) is 6.52. The SMILES string of the molecule is CC[C@@H](C)C(=O)N[C@@H](Cc1cc(Cl)c(F)cc1C)C(=O)N1CCC(OS(=O)(=O)F)[C@H]1C(=O)NC1CCc2c(C)cccc21. The Morgan fingerprint density at radius 2 is 1.88 bits per heavy atom. The summed E-state index contributed by atoms with van der Waals surface area (Å²) in [5.74, 6) is -2.89. The topological polar surface area (TPSA) is 122 Å². The van der Waals surface area contributed by atoms with Crippen molar-refractivity contribution in [2.45, 2.75) is 84.0 Å². The van der Waals surface area contributed by atoms with Crippen LogP contribution in [0.1, 0.15) is 67.0 Å². The van der Waals surface area contributed by atoms with E-state index in [0.717, 1.165) is 28.0 Å². The number of hydrogen-bond donors (Lipinski definition) is 2. The van der Waals surface area contributed by atoms with Crippen molar-refractivity contribution in [1.29, 1.82) is 0 Å². The molecule has 4 rings (SSSR count). The molecule has 2 aliphatic rings. The lowest BCUT2D eigenvalue weighted by Crippen LogP contribution is -2.57. The van der Waals surface area contributed by atoms with E-state index in [1.165, 1.54) is 12.1 Å². The molecular weight excluding hydrogens is 604 g/mol. The van der Waals surface area contributed by atoms with Gasteiger partial charge in [0.2, 0.25) is 17.7 Å². The van der Waals surface area contributed by atoms with Gasteiger partial charge in [0.15, 0.2) is 0 Å². The number of carbonyl (C=O) groups is 3. The van der Waals surface area contributed by atoms with Gasteiger partial charge in [0.05, 0.1) is 11.1 Å². The van der Waals surface area contributed by atoms with E-state index in [2.05, 4.69) is 14.8 Å². The average Bonchev–Trinajstić information content (AvgIpc) is 3.54. The summed E-state index contributed by atoms with van der Waals surface area (Å²) >= 11 is 6.01. The molecule has 0 aromatic heterocycles. The normalized spacial score (nSPS) is 21.3. The molecular formula is C30H36ClF2N3O6S. The van der Waals surface area contributed by atoms with Crippen LogP contribution in [0.3, 0.4) is 0 Å². The molecule has 0 saturated carbocycles. The van der Waals surface area contributed by atoms with Crippen molar-refractivity contribution in [3.63, 3.8) is 0 Å². The number of nitrogens with one attached hydrogen (secondary N) is 2. The molecule has 1 aliphatic heterocycles. The Balaban J connectivity index is 1.66. The van der Waals surface area contributed by atoms with Crippen LogP contribution < -0.4 is 10.6 Å². The zero-order valence-corrected chi connectivity index (χ0v) is 26.0. The third-order valence-electron chi connectivity index (χ3n) is 8.43. The summed E-state index contributed by atoms with van der Waals surface area (Å²) in [5.41, 5.74) is 4.09. The molecule has 1 aliphatic carbocycles. The van der Waals surface area contributed by atoms with E-state index in [4.69, 9.17) is 11.6 Å². The van der Waals surface area contributed by atoms with Crippen molar-refractivity contribution in [2.75, 3.05) is 6.54 Å². The smallest absolute Gasteiger partial charge is 0.347 e. The number of nitrogens with zero attached hydrogens (tertiary/aromatic N) is 1. The monoisotopic (exact) mass is 639 g/mol. The standard InChI is InChI=1S/C30H36ClF2N3O6S/c1-5-16(2)28(37)35-25(15-19-14-22(31)23(32)13-18(19)4)30(39)36-12-11-26(42-43(33,40)41)27(36)29(38)34-24-10-9-20-17(3)7-6-8-21(20)24/h6-8,13-14,16,24-27H,5,9-12,15H2,1-4H3,(H,34,38)(H,35,37)/t16-,24?,25+,26?,27+/m1/s1. The first-order valence-electron chi connectivity index (χ1n) is 14.3. The van der Waals surface area contributed by atoms with Crippen LogP contribution in [0.4, 0.5) is 8.28 Å². The predicted octanol–water partition coefficient (Wildman–Crippen LogP) is 4.17. The van der Waals surface area contributed by atoms with Crippen molar-refractivity contribution in [1.82, 2.24) is 15.5 Å². The number of benzene rings is 2. The molecule has 1 heterocycles. The van der Waals surface area contributed by atoms with Gasteiger partial charge in [0.25, 0.3) is 0 Å². The number of likely N-dealkylation sites (tertiary alicyclic amines) is 1. The van der Waals surface area contributed by atoms with E-state index in [-0.39, 0.29) is 24.4 Å². The summed E-state index contributed by atoms with van der Waals surface area (Å²) in [6.07, 6.45) is 0.112. The van der Waals surface area contributed by atoms with E-state index in [9.17, 15) is 31.1 Å². The second-order valence-corrected chi connectivity index (χ2v) is 12.7. The van der Waals surface area contributed by atoms with Crippen LogP contribution in [-0.4, -0.2) is 55.8 Å². The molecule has 5 atom stereocenters. The highest BCUT2D eigenvalue weighted by Gasteiger charge is 2.47. The maximum atomic E-state index is 14.1. The minimum absolute atomic E-state index is 0.0834. The Hall–Kier alpha value is -3.09. The quantitative estimate of drug-likeness (QED) is 0.377. The predicted molar refractivity (Wildman–Crippen MR) is 157 cm³/mol. The fraction of sp³-hybridized carbons (Fsp3) is 0.500. The van der Waals surface area contributed by atoms with Crippen molar-refractivity contribution >= 4 is 39.8 Å². The van der Waals surface area contributed by atoms with Crippen LogP contribution in [0.15, 0.2) is 30.3 Å². The minimum atomic E-state index is -5.46. The molecule has 2 aromatic rings. The highest BCUT2D eigenvalue weighted by Crippen LogP contribution is 2.34. The lowest BCUT2D eigenvalue weighted by Gasteiger charge is -2.31. The zero-order valence-electron chi connectivity index (χ0n) is 24.5. The molecule has 234 valence electrons. The Labute approximate surface area is 255 Å². The van der Waals surface area contributed by atoms with Gasteiger partial charge in [-0.1, -0.05) is 47.5 Å². The molecule has 2 aromatic carbocycles. The fourth-order valence-electron chi connectivity index (χ4n) is 5.84. The van der Waals surface area contributed by atoms with E-state index in [0.29, 0.717) is 24.0 Å². The van der Waals surface area contributed by atoms with Crippen LogP contribution in [-0.2, 0) is 41.9 Å². The van der Waals surface area contributed by atoms with Crippen molar-refractivity contribution in [2.24, 2.45) is 5.92 Å². The summed E-state index contributed by atoms with van der Waals surface area (Å²) in [6, 6.07) is 5.23. The molecule has 2 N–H and O–H groups in total. The molecule has 1 fully saturated rings. The minimum Gasteiger partial charge on any atom is -0.347 e. The lowest BCUT2D eigenvalue weighted by atomic mass is 9.98. The molecule has 0 bridgehead atoms. The van der Waals surface area contributed by atoms with Crippen LogP contribution in [0.2, 0.25) is 5.02 Å². The number of aryl methyl sites for hydroxylation is 2. The molecule has 3 amide bonds. The number of hydrogen-bond acceptors (Lipinski definition) is 6. The van der Waals surface area contributed by atoms with Crippen LogP contribution in [0, 0.1) is 25.6 Å². The Bertz CT molecular complexity index is 1520. The van der Waals surface area contributed by atoms with Crippen molar-refractivity contribution in [3.05, 3.63) is 69.0 Å². The molecule has 43 heavy (non-hydrogen) atoms. The summed E-state index contributed by atoms with van der Waals surface area (Å²) in [7, 11) is -5.46. The van der Waals surface area contributed by atoms with Crippen LogP contribution in [0.5, 0.6) is 0 Å². The third-order valence-corrected chi connectivity index (χ3v) is 9.20. The maximum Gasteiger partial charge on any atom is 0.437 e. The molecule has 13 heteroatoms. The van der Waals surface area contributed by atoms with Gasteiger partial charge >= 0.3 is 10.5 Å². The number of amides is 3. The number of fused-ring (bicyclic) bond motifs is 1. The van der Waals surface area contributed by atoms with E-state index in [1.54, 1.807) is 13.8 Å². The van der Waals surface area contributed by atoms with E-state index < -0.39 is 64.2 Å². The Kier molecular flexibility index (Phi) is 10.1. The van der Waals surface area contributed by atoms with Crippen LogP contribution in [0.25, 0.3) is 0 Å². The Morgan fingerprint density at radius 3 is 2.56 bits per heavy atom. The van der Waals surface area contributed by atoms with E-state index in [1.807, 2.05) is 32.0 Å². The summed E-state index contributed by atoms with van der Waals surface area (Å²) in [4.78, 5) is 41.9. The first-order valence-corrected chi connectivity index (χ1v) is 16.0. The molecule has 0 spiro atoms. The number of carbonyl (C=O) groups excluding carboxylic acids is 3. The summed E-state index contributed by atoms with van der Waals surface area (Å²) < 4.78 is 55.4. The molecule has 2 unspecified atom stereocenters. The van der Waals surface area contributed by atoms with Crippen LogP contribution >= 0.6 is 11.6 Å². The largest absolute Gasteiger partial charge is 0.437 e. The molecule has 1 saturated heterocycles. The van der Waals surface area contributed by atoms with Gasteiger partial charge in [-0.05, 0) is 79.5 Å². The lowest BCUT2D eigenvalue weighted by molar-refractivity contribution is -0.143. The van der Waals surface area contributed by atoms with Crippen molar-refractivity contribution < 1.29 is 35.3 Å². The third kappa shape index (κ3) is 7.53. The van der Waals surface area contributed by atoms with Gasteiger partial charge in [-0.2, -0.15) is 8.42 Å². The molecule has 0 radical (unpaired) electrons. The molecule has 9 nitrogen and oxygen atoms in total. The van der Waals surface area contributed by atoms with Gasteiger partial charge in [-0.25, -0.2) is 8.57 Å². The average molecular weight is 640 g/mol. The zero-order chi connectivity index (χ0) is 31.6. The van der Waals surface area contributed by atoms with Gasteiger partial charge in [-0.15, -0.1) is 0 Å². The maximum absolute atomic E-state index is 14.1. The van der Waals surface area contributed by atoms with E-state index >= 15 is 0 Å². The first-order chi connectivity index (χ1) is 20.2. The first kappa shape index (κ1) is 32.8. The number of rotatable bonds is 10. The second-order valence-electron chi connectivity index (χ2n) is 11.3. The van der Waals surface area contributed by atoms with Crippen molar-refractivity contribution in [3.8, 4) is 0 Å². The van der Waals surface area contributed by atoms with Gasteiger partial charge in [-0.3, -0.25) is 14.4 Å². The van der Waals surface area contributed by atoms with Gasteiger partial charge in [0.1, 0.15) is 24.0 Å². The highest BCUT2D eigenvalue weighted by molar-refractivity contribution is 7.81. The number of halogens is 3. The highest BCUT2D eigenvalue weighted by atomic mass is 35.5. The van der Waals surface area contributed by atoms with Gasteiger partial charge in [0, 0.05) is 18.9 Å². The summed E-state index contributed by atoms with van der Waals surface area (Å²) in [5, 5.41) is 5.49. The Morgan fingerprint density at radius 1 is 1.16 bits per heavy atom. The second kappa shape index (κ2) is 13.3. The summed E-state index contributed by atoms with van der Waals surface area (Å²) in [6.45, 7) is 6.99.